The fraction of sp³-hybridized carbons (Fsp3) is 0.647. The minimum Gasteiger partial charge on any atom is -0.313 e. The van der Waals surface area contributed by atoms with Crippen LogP contribution in [-0.2, 0) is 6.42 Å². The predicted molar refractivity (Wildman–Crippen MR) is 78.7 cm³/mol. The van der Waals surface area contributed by atoms with Crippen LogP contribution < -0.4 is 5.32 Å². The van der Waals surface area contributed by atoms with Crippen molar-refractivity contribution < 1.29 is 8.78 Å². The molecule has 112 valence electrons. The van der Waals surface area contributed by atoms with E-state index in [1.54, 1.807) is 0 Å². The summed E-state index contributed by atoms with van der Waals surface area (Å²) in [5, 5.41) is 3.46. The molecule has 2 rings (SSSR count). The lowest BCUT2D eigenvalue weighted by atomic mass is 9.69. The molecule has 1 atom stereocenters. The van der Waals surface area contributed by atoms with Gasteiger partial charge in [0.2, 0.25) is 0 Å². The summed E-state index contributed by atoms with van der Waals surface area (Å²) < 4.78 is 27.8. The average molecular weight is 281 g/mol. The fourth-order valence-electron chi connectivity index (χ4n) is 3.45. The van der Waals surface area contributed by atoms with E-state index in [2.05, 4.69) is 19.2 Å². The van der Waals surface area contributed by atoms with Crippen LogP contribution >= 0.6 is 0 Å². The Morgan fingerprint density at radius 2 is 1.75 bits per heavy atom. The van der Waals surface area contributed by atoms with E-state index in [9.17, 15) is 8.78 Å². The molecule has 0 radical (unpaired) electrons. The van der Waals surface area contributed by atoms with Gasteiger partial charge in [0.05, 0.1) is 0 Å². The van der Waals surface area contributed by atoms with Crippen LogP contribution in [0.2, 0.25) is 0 Å². The van der Waals surface area contributed by atoms with Crippen molar-refractivity contribution in [1.29, 1.82) is 0 Å². The molecule has 1 fully saturated rings. The van der Waals surface area contributed by atoms with E-state index in [-0.39, 0.29) is 17.0 Å². The standard InChI is InChI=1S/C17H25F2N/c1-3-20-16(17(2)10-5-4-6-11-17)12-13-14(18)8-7-9-15(13)19/h7-9,16,20H,3-6,10-12H2,1-2H3. The highest BCUT2D eigenvalue weighted by molar-refractivity contribution is 5.21. The van der Waals surface area contributed by atoms with Crippen molar-refractivity contribution >= 4 is 0 Å². The van der Waals surface area contributed by atoms with Crippen LogP contribution in [0.5, 0.6) is 0 Å². The van der Waals surface area contributed by atoms with Crippen LogP contribution in [0.4, 0.5) is 8.78 Å². The van der Waals surface area contributed by atoms with Crippen molar-refractivity contribution in [1.82, 2.24) is 5.32 Å². The van der Waals surface area contributed by atoms with Crippen LogP contribution in [0.1, 0.15) is 51.5 Å². The van der Waals surface area contributed by atoms with Gasteiger partial charge in [0.1, 0.15) is 11.6 Å². The molecule has 0 amide bonds. The number of hydrogen-bond acceptors (Lipinski definition) is 1. The van der Waals surface area contributed by atoms with Crippen LogP contribution in [-0.4, -0.2) is 12.6 Å². The topological polar surface area (TPSA) is 12.0 Å². The van der Waals surface area contributed by atoms with Crippen molar-refractivity contribution in [3.05, 3.63) is 35.4 Å². The average Bonchev–Trinajstić information content (AvgIpc) is 2.42. The molecule has 0 saturated heterocycles. The SMILES string of the molecule is CCNC(Cc1c(F)cccc1F)C1(C)CCCCC1. The van der Waals surface area contributed by atoms with E-state index < -0.39 is 11.6 Å². The van der Waals surface area contributed by atoms with Gasteiger partial charge < -0.3 is 5.32 Å². The maximum Gasteiger partial charge on any atom is 0.129 e. The Labute approximate surface area is 120 Å². The maximum absolute atomic E-state index is 13.9. The Morgan fingerprint density at radius 3 is 2.30 bits per heavy atom. The van der Waals surface area contributed by atoms with E-state index in [0.717, 1.165) is 19.4 Å². The van der Waals surface area contributed by atoms with Crippen LogP contribution in [0.15, 0.2) is 18.2 Å². The highest BCUT2D eigenvalue weighted by atomic mass is 19.1. The van der Waals surface area contributed by atoms with Crippen molar-refractivity contribution in [3.8, 4) is 0 Å². The lowest BCUT2D eigenvalue weighted by molar-refractivity contribution is 0.143. The molecule has 0 aliphatic heterocycles. The van der Waals surface area contributed by atoms with Gasteiger partial charge in [0.25, 0.3) is 0 Å². The van der Waals surface area contributed by atoms with Crippen molar-refractivity contribution in [2.24, 2.45) is 5.41 Å². The van der Waals surface area contributed by atoms with E-state index in [4.69, 9.17) is 0 Å². The summed E-state index contributed by atoms with van der Waals surface area (Å²) in [4.78, 5) is 0. The summed E-state index contributed by atoms with van der Waals surface area (Å²) in [5.74, 6) is -0.848. The number of halogens is 2. The molecular formula is C17H25F2N. The summed E-state index contributed by atoms with van der Waals surface area (Å²) in [6.45, 7) is 5.14. The molecule has 1 N–H and O–H groups in total. The second-order valence-electron chi connectivity index (χ2n) is 6.23. The summed E-state index contributed by atoms with van der Waals surface area (Å²) in [7, 11) is 0. The Morgan fingerprint density at radius 1 is 1.15 bits per heavy atom. The molecule has 1 unspecified atom stereocenters. The second kappa shape index (κ2) is 6.66. The van der Waals surface area contributed by atoms with Crippen LogP contribution in [0.25, 0.3) is 0 Å². The monoisotopic (exact) mass is 281 g/mol. The highest BCUT2D eigenvalue weighted by Crippen LogP contribution is 2.40. The van der Waals surface area contributed by atoms with Crippen LogP contribution in [0, 0.1) is 17.0 Å². The summed E-state index contributed by atoms with van der Waals surface area (Å²) in [5.41, 5.74) is 0.369. The maximum atomic E-state index is 13.9. The van der Waals surface area contributed by atoms with Crippen molar-refractivity contribution in [2.75, 3.05) is 6.54 Å². The van der Waals surface area contributed by atoms with E-state index >= 15 is 0 Å². The molecule has 0 bridgehead atoms. The first-order valence-corrected chi connectivity index (χ1v) is 7.73. The second-order valence-corrected chi connectivity index (χ2v) is 6.23. The third kappa shape index (κ3) is 3.38. The molecule has 1 aromatic rings. The lowest BCUT2D eigenvalue weighted by Crippen LogP contribution is -2.46. The minimum absolute atomic E-state index is 0.138. The zero-order chi connectivity index (χ0) is 14.6. The van der Waals surface area contributed by atoms with Gasteiger partial charge in [0, 0.05) is 11.6 Å². The molecule has 3 heteroatoms. The van der Waals surface area contributed by atoms with Gasteiger partial charge in [-0.1, -0.05) is 39.2 Å². The molecule has 1 nitrogen and oxygen atoms in total. The minimum atomic E-state index is -0.424. The van der Waals surface area contributed by atoms with Gasteiger partial charge >= 0.3 is 0 Å². The summed E-state index contributed by atoms with van der Waals surface area (Å²) in [6.07, 6.45) is 6.43. The summed E-state index contributed by atoms with van der Waals surface area (Å²) in [6, 6.07) is 4.27. The normalized spacial score (nSPS) is 19.8. The number of hydrogen-bond donors (Lipinski definition) is 1. The molecule has 1 aromatic carbocycles. The molecule has 1 aliphatic rings. The van der Waals surface area contributed by atoms with Crippen LogP contribution in [0.3, 0.4) is 0 Å². The molecule has 0 heterocycles. The predicted octanol–water partition coefficient (Wildman–Crippen LogP) is 4.46. The first-order chi connectivity index (χ1) is 9.57. The van der Waals surface area contributed by atoms with Gasteiger partial charge in [-0.15, -0.1) is 0 Å². The van der Waals surface area contributed by atoms with E-state index in [1.807, 2.05) is 0 Å². The van der Waals surface area contributed by atoms with Gasteiger partial charge in [-0.05, 0) is 43.4 Å². The first-order valence-electron chi connectivity index (χ1n) is 7.73. The van der Waals surface area contributed by atoms with Crippen molar-refractivity contribution in [2.45, 2.75) is 58.4 Å². The number of rotatable bonds is 5. The van der Waals surface area contributed by atoms with Gasteiger partial charge in [-0.3, -0.25) is 0 Å². The zero-order valence-corrected chi connectivity index (χ0v) is 12.5. The first kappa shape index (κ1) is 15.4. The Balaban J connectivity index is 2.20. The lowest BCUT2D eigenvalue weighted by Gasteiger charge is -2.41. The third-order valence-electron chi connectivity index (χ3n) is 4.76. The highest BCUT2D eigenvalue weighted by Gasteiger charge is 2.35. The number of benzene rings is 1. The largest absolute Gasteiger partial charge is 0.313 e. The Bertz CT molecular complexity index is 418. The molecule has 20 heavy (non-hydrogen) atoms. The zero-order valence-electron chi connectivity index (χ0n) is 12.5. The smallest absolute Gasteiger partial charge is 0.129 e. The van der Waals surface area contributed by atoms with Gasteiger partial charge in [-0.2, -0.15) is 0 Å². The van der Waals surface area contributed by atoms with Gasteiger partial charge in [-0.25, -0.2) is 8.78 Å². The van der Waals surface area contributed by atoms with E-state index in [0.29, 0.717) is 6.42 Å². The number of nitrogens with one attached hydrogen (secondary N) is 1. The molecular weight excluding hydrogens is 256 g/mol. The molecule has 0 aromatic heterocycles. The third-order valence-corrected chi connectivity index (χ3v) is 4.76. The van der Waals surface area contributed by atoms with Gasteiger partial charge in [0.15, 0.2) is 0 Å². The molecule has 1 saturated carbocycles. The fourth-order valence-corrected chi connectivity index (χ4v) is 3.45. The van der Waals surface area contributed by atoms with Crippen molar-refractivity contribution in [3.63, 3.8) is 0 Å². The molecule has 1 aliphatic carbocycles. The quantitative estimate of drug-likeness (QED) is 0.840. The van der Waals surface area contributed by atoms with E-state index in [1.165, 1.54) is 37.5 Å². The number of likely N-dealkylation sites (N-methyl/N-ethyl adjacent to an activating group) is 1. The Hall–Kier alpha value is -0.960. The summed E-state index contributed by atoms with van der Waals surface area (Å²) >= 11 is 0. The Kier molecular flexibility index (Phi) is 5.14. The molecule has 0 spiro atoms.